The van der Waals surface area contributed by atoms with Crippen LogP contribution >= 0.6 is 0 Å². The van der Waals surface area contributed by atoms with Crippen molar-refractivity contribution in [3.63, 3.8) is 0 Å². The molecule has 0 spiro atoms. The van der Waals surface area contributed by atoms with E-state index in [0.29, 0.717) is 0 Å². The van der Waals surface area contributed by atoms with Crippen LogP contribution in [0.25, 0.3) is 0 Å². The van der Waals surface area contributed by atoms with E-state index in [1.54, 1.807) is 4.72 Å². The standard InChI is InChI=1S/CH5N3O2S/c2-1(3)4-7(5)6/h7H,(H4,2,3,4,5,6). The first kappa shape index (κ1) is 6.22. The molecule has 0 aromatic rings. The van der Waals surface area contributed by atoms with E-state index in [2.05, 4.69) is 5.73 Å². The SMILES string of the molecule is N=C(N)N[SH](=O)=O. The molecule has 0 unspecified atom stereocenters. The maximum absolute atomic E-state index is 9.51. The van der Waals surface area contributed by atoms with Gasteiger partial charge in [-0.25, -0.2) is 8.42 Å². The fourth-order valence-electron chi connectivity index (χ4n) is 0.0983. The Morgan fingerprint density at radius 3 is 2.14 bits per heavy atom. The summed E-state index contributed by atoms with van der Waals surface area (Å²) in [6.07, 6.45) is 0. The van der Waals surface area contributed by atoms with Crippen LogP contribution in [0.3, 0.4) is 0 Å². The third-order valence-electron chi connectivity index (χ3n) is 0.212. The van der Waals surface area contributed by atoms with Gasteiger partial charge in [0.15, 0.2) is 5.96 Å². The lowest BCUT2D eigenvalue weighted by atomic mass is 11.1. The van der Waals surface area contributed by atoms with Gasteiger partial charge < -0.3 is 5.73 Å². The summed E-state index contributed by atoms with van der Waals surface area (Å²) in [5, 5.41) is 6.31. The third kappa shape index (κ3) is 5.22. The summed E-state index contributed by atoms with van der Waals surface area (Å²) in [6, 6.07) is 0. The minimum atomic E-state index is -2.74. The predicted octanol–water partition coefficient (Wildman–Crippen LogP) is -2.00. The van der Waals surface area contributed by atoms with Crippen molar-refractivity contribution in [1.29, 1.82) is 5.41 Å². The van der Waals surface area contributed by atoms with Gasteiger partial charge in [-0.2, -0.15) is 0 Å². The zero-order valence-corrected chi connectivity index (χ0v) is 4.24. The fourth-order valence-corrected chi connectivity index (χ4v) is 0.295. The van der Waals surface area contributed by atoms with E-state index >= 15 is 0 Å². The molecule has 0 rings (SSSR count). The van der Waals surface area contributed by atoms with Gasteiger partial charge >= 0.3 is 0 Å². The van der Waals surface area contributed by atoms with Gasteiger partial charge in [0.05, 0.1) is 0 Å². The van der Waals surface area contributed by atoms with Crippen LogP contribution in [-0.4, -0.2) is 14.4 Å². The largest absolute Gasteiger partial charge is 0.369 e. The quantitative estimate of drug-likeness (QED) is 0.184. The highest BCUT2D eigenvalue weighted by molar-refractivity contribution is 7.71. The molecule has 0 aliphatic rings. The van der Waals surface area contributed by atoms with Crippen molar-refractivity contribution in [2.75, 3.05) is 0 Å². The van der Waals surface area contributed by atoms with Crippen molar-refractivity contribution in [2.45, 2.75) is 0 Å². The molecule has 0 aromatic heterocycles. The van der Waals surface area contributed by atoms with Crippen LogP contribution in [0.15, 0.2) is 0 Å². The lowest BCUT2D eigenvalue weighted by Crippen LogP contribution is -2.28. The monoisotopic (exact) mass is 123 g/mol. The second-order valence-electron chi connectivity index (χ2n) is 0.783. The van der Waals surface area contributed by atoms with E-state index in [9.17, 15) is 8.42 Å². The molecule has 0 radical (unpaired) electrons. The maximum Gasteiger partial charge on any atom is 0.224 e. The van der Waals surface area contributed by atoms with Crippen molar-refractivity contribution in [1.82, 2.24) is 4.72 Å². The first-order valence-corrected chi connectivity index (χ1v) is 2.55. The summed E-state index contributed by atoms with van der Waals surface area (Å²) >= 11 is 0. The van der Waals surface area contributed by atoms with Crippen LogP contribution in [-0.2, 0) is 10.9 Å². The van der Waals surface area contributed by atoms with Gasteiger partial charge in [0.2, 0.25) is 10.9 Å². The minimum absolute atomic E-state index is 0.559. The van der Waals surface area contributed by atoms with E-state index < -0.39 is 16.8 Å². The molecule has 7 heavy (non-hydrogen) atoms. The number of rotatable bonds is 1. The molecule has 0 aromatic carbocycles. The molecule has 42 valence electrons. The van der Waals surface area contributed by atoms with Gasteiger partial charge in [-0.05, 0) is 0 Å². The van der Waals surface area contributed by atoms with Gasteiger partial charge in [0.25, 0.3) is 0 Å². The molecular formula is CH5N3O2S. The fraction of sp³-hybridized carbons (Fsp3) is 0. The second kappa shape index (κ2) is 2.40. The summed E-state index contributed by atoms with van der Waals surface area (Å²) in [7, 11) is -2.74. The molecular weight excluding hydrogens is 118 g/mol. The Morgan fingerprint density at radius 1 is 1.71 bits per heavy atom. The first-order chi connectivity index (χ1) is 3.13. The number of nitrogens with one attached hydrogen (secondary N) is 2. The zero-order chi connectivity index (χ0) is 5.86. The van der Waals surface area contributed by atoms with Crippen molar-refractivity contribution < 1.29 is 8.42 Å². The van der Waals surface area contributed by atoms with Crippen LogP contribution < -0.4 is 10.5 Å². The molecule has 6 heteroatoms. The number of thiol groups is 1. The maximum atomic E-state index is 9.51. The third-order valence-corrected chi connectivity index (χ3v) is 0.635. The van der Waals surface area contributed by atoms with Gasteiger partial charge in [-0.3, -0.25) is 10.1 Å². The summed E-state index contributed by atoms with van der Waals surface area (Å²) in [5.41, 5.74) is 4.58. The molecule has 4 N–H and O–H groups in total. The van der Waals surface area contributed by atoms with Gasteiger partial charge in [-0.15, -0.1) is 0 Å². The highest BCUT2D eigenvalue weighted by atomic mass is 32.2. The normalized spacial score (nSPS) is 8.71. The summed E-state index contributed by atoms with van der Waals surface area (Å²) < 4.78 is 20.6. The number of nitrogens with two attached hydrogens (primary N) is 1. The Labute approximate surface area is 42.1 Å². The second-order valence-corrected chi connectivity index (χ2v) is 1.52. The summed E-state index contributed by atoms with van der Waals surface area (Å²) in [4.78, 5) is 0. The van der Waals surface area contributed by atoms with Crippen LogP contribution in [0.2, 0.25) is 0 Å². The molecule has 0 amide bonds. The van der Waals surface area contributed by atoms with E-state index in [1.807, 2.05) is 0 Å². The number of guanidine groups is 1. The molecule has 5 nitrogen and oxygen atoms in total. The van der Waals surface area contributed by atoms with Crippen LogP contribution in [0.1, 0.15) is 0 Å². The highest BCUT2D eigenvalue weighted by Gasteiger charge is 1.80. The molecule has 0 atom stereocenters. The molecule has 0 aliphatic heterocycles. The number of hydrogen-bond acceptors (Lipinski definition) is 3. The van der Waals surface area contributed by atoms with Crippen molar-refractivity contribution in [3.05, 3.63) is 0 Å². The average molecular weight is 123 g/mol. The summed E-state index contributed by atoms with van der Waals surface area (Å²) in [6.45, 7) is 0. The van der Waals surface area contributed by atoms with Crippen LogP contribution in [0, 0.1) is 5.41 Å². The molecule has 0 saturated carbocycles. The van der Waals surface area contributed by atoms with Crippen LogP contribution in [0.5, 0.6) is 0 Å². The van der Waals surface area contributed by atoms with Gasteiger partial charge in [0, 0.05) is 0 Å². The Balaban J connectivity index is 3.53. The van der Waals surface area contributed by atoms with Gasteiger partial charge in [0.1, 0.15) is 0 Å². The van der Waals surface area contributed by atoms with Gasteiger partial charge in [-0.1, -0.05) is 0 Å². The summed E-state index contributed by atoms with van der Waals surface area (Å²) in [5.74, 6) is -0.559. The van der Waals surface area contributed by atoms with Crippen LogP contribution in [0.4, 0.5) is 0 Å². The Morgan fingerprint density at radius 2 is 2.14 bits per heavy atom. The lowest BCUT2D eigenvalue weighted by Gasteiger charge is -1.86. The first-order valence-electron chi connectivity index (χ1n) is 1.38. The van der Waals surface area contributed by atoms with E-state index in [1.165, 1.54) is 0 Å². The van der Waals surface area contributed by atoms with Crippen molar-refractivity contribution in [2.24, 2.45) is 5.73 Å². The van der Waals surface area contributed by atoms with Crippen molar-refractivity contribution >= 4 is 16.8 Å². The highest BCUT2D eigenvalue weighted by Crippen LogP contribution is 1.45. The topological polar surface area (TPSA) is 96.0 Å². The zero-order valence-electron chi connectivity index (χ0n) is 3.34. The average Bonchev–Trinajstić information content (AvgIpc) is 1.27. The Bertz CT molecular complexity index is 130. The van der Waals surface area contributed by atoms with E-state index in [4.69, 9.17) is 5.41 Å². The van der Waals surface area contributed by atoms with E-state index in [0.717, 1.165) is 0 Å². The van der Waals surface area contributed by atoms with Crippen molar-refractivity contribution in [3.8, 4) is 0 Å². The number of hydrogen-bond donors (Lipinski definition) is 4. The smallest absolute Gasteiger partial charge is 0.224 e. The Hall–Kier alpha value is -0.780. The van der Waals surface area contributed by atoms with E-state index in [-0.39, 0.29) is 0 Å². The lowest BCUT2D eigenvalue weighted by molar-refractivity contribution is 0.611. The molecule has 0 saturated heterocycles. The molecule has 0 aliphatic carbocycles. The molecule has 0 bridgehead atoms. The molecule has 0 heterocycles. The predicted molar refractivity (Wildman–Crippen MR) is 25.4 cm³/mol. The minimum Gasteiger partial charge on any atom is -0.369 e. The Kier molecular flexibility index (Phi) is 2.14. The molecule has 0 fully saturated rings.